The van der Waals surface area contributed by atoms with Gasteiger partial charge in [0.25, 0.3) is 5.78 Å². The van der Waals surface area contributed by atoms with Gasteiger partial charge in [-0.3, -0.25) is 0 Å². The number of fused-ring (bicyclic) bond motifs is 1. The van der Waals surface area contributed by atoms with Gasteiger partial charge in [-0.25, -0.2) is 13.4 Å². The maximum atomic E-state index is 11.5. The molecule has 0 atom stereocenters. The van der Waals surface area contributed by atoms with Crippen molar-refractivity contribution in [3.05, 3.63) is 18.1 Å². The van der Waals surface area contributed by atoms with Crippen LogP contribution in [0, 0.1) is 0 Å². The summed E-state index contributed by atoms with van der Waals surface area (Å²) in [7, 11) is -2.88. The summed E-state index contributed by atoms with van der Waals surface area (Å²) in [5.74, 6) is 1.80. The lowest BCUT2D eigenvalue weighted by Crippen LogP contribution is -2.41. The molecule has 19 heavy (non-hydrogen) atoms. The average molecular weight is 281 g/mol. The van der Waals surface area contributed by atoms with Gasteiger partial charge in [0, 0.05) is 24.8 Å². The maximum Gasteiger partial charge on any atom is 0.254 e. The summed E-state index contributed by atoms with van der Waals surface area (Å²) in [6.45, 7) is 3.01. The minimum absolute atomic E-state index is 0.187. The molecule has 0 aromatic carbocycles. The van der Waals surface area contributed by atoms with E-state index in [1.165, 1.54) is 6.33 Å². The van der Waals surface area contributed by atoms with Crippen LogP contribution in [0.4, 0.5) is 5.82 Å². The van der Waals surface area contributed by atoms with Gasteiger partial charge in [0.05, 0.1) is 11.5 Å². The lowest BCUT2D eigenvalue weighted by atomic mass is 10.3. The second-order valence-corrected chi connectivity index (χ2v) is 6.87. The highest BCUT2D eigenvalue weighted by Crippen LogP contribution is 2.18. The second kappa shape index (κ2) is 4.44. The van der Waals surface area contributed by atoms with E-state index in [2.05, 4.69) is 15.1 Å². The van der Waals surface area contributed by atoms with E-state index >= 15 is 0 Å². The fraction of sp³-hybridized carbons (Fsp3) is 0.545. The molecule has 7 nitrogen and oxygen atoms in total. The molecule has 0 saturated carbocycles. The van der Waals surface area contributed by atoms with Crippen LogP contribution in [0.2, 0.25) is 0 Å². The third kappa shape index (κ3) is 2.27. The average Bonchev–Trinajstić information content (AvgIpc) is 2.86. The van der Waals surface area contributed by atoms with Crippen LogP contribution in [0.1, 0.15) is 12.6 Å². The summed E-state index contributed by atoms with van der Waals surface area (Å²) in [5.41, 5.74) is 0.934. The first kappa shape index (κ1) is 12.3. The van der Waals surface area contributed by atoms with Crippen LogP contribution in [0.3, 0.4) is 0 Å². The normalized spacial score (nSPS) is 18.9. The highest BCUT2D eigenvalue weighted by atomic mass is 32.2. The molecule has 0 unspecified atom stereocenters. The van der Waals surface area contributed by atoms with Crippen LogP contribution in [-0.2, 0) is 16.3 Å². The molecule has 3 heterocycles. The zero-order chi connectivity index (χ0) is 13.5. The molecule has 0 radical (unpaired) electrons. The Morgan fingerprint density at radius 1 is 1.32 bits per heavy atom. The number of aromatic nitrogens is 4. The summed E-state index contributed by atoms with van der Waals surface area (Å²) in [5, 5.41) is 4.16. The van der Waals surface area contributed by atoms with E-state index in [1.807, 2.05) is 17.9 Å². The molecule has 0 spiro atoms. The predicted molar refractivity (Wildman–Crippen MR) is 71.0 cm³/mol. The highest BCUT2D eigenvalue weighted by molar-refractivity contribution is 7.91. The third-order valence-corrected chi connectivity index (χ3v) is 4.93. The first-order valence-corrected chi connectivity index (χ1v) is 8.06. The monoisotopic (exact) mass is 281 g/mol. The number of nitrogens with zero attached hydrogens (tertiary/aromatic N) is 5. The summed E-state index contributed by atoms with van der Waals surface area (Å²) < 4.78 is 24.6. The molecule has 0 N–H and O–H groups in total. The quantitative estimate of drug-likeness (QED) is 0.766. The molecule has 1 aliphatic heterocycles. The number of hydrogen-bond acceptors (Lipinski definition) is 6. The van der Waals surface area contributed by atoms with Crippen molar-refractivity contribution in [2.24, 2.45) is 0 Å². The molecular formula is C11H15N5O2S. The van der Waals surface area contributed by atoms with Gasteiger partial charge in [0.1, 0.15) is 12.1 Å². The fourth-order valence-corrected chi connectivity index (χ4v) is 3.39. The van der Waals surface area contributed by atoms with Crippen LogP contribution >= 0.6 is 0 Å². The van der Waals surface area contributed by atoms with Crippen molar-refractivity contribution in [2.75, 3.05) is 29.5 Å². The largest absolute Gasteiger partial charge is 0.354 e. The number of hydrogen-bond donors (Lipinski definition) is 0. The summed E-state index contributed by atoms with van der Waals surface area (Å²) >= 11 is 0. The van der Waals surface area contributed by atoms with Gasteiger partial charge in [-0.05, 0) is 6.42 Å². The van der Waals surface area contributed by atoms with Gasteiger partial charge < -0.3 is 4.90 Å². The van der Waals surface area contributed by atoms with E-state index < -0.39 is 9.84 Å². The van der Waals surface area contributed by atoms with E-state index in [0.29, 0.717) is 18.9 Å². The zero-order valence-corrected chi connectivity index (χ0v) is 11.5. The molecule has 0 aliphatic carbocycles. The molecule has 102 valence electrons. The standard InChI is InChI=1S/C11H15N5O2S/c1-2-9-7-10(16-11(14-9)12-8-13-16)15-3-5-19(17,18)6-4-15/h7-8H,2-6H2,1H3. The molecule has 2 aromatic heterocycles. The molecule has 1 aliphatic rings. The van der Waals surface area contributed by atoms with Crippen LogP contribution in [-0.4, -0.2) is 52.6 Å². The van der Waals surface area contributed by atoms with Crippen LogP contribution in [0.5, 0.6) is 0 Å². The second-order valence-electron chi connectivity index (χ2n) is 4.57. The van der Waals surface area contributed by atoms with Gasteiger partial charge in [0.2, 0.25) is 0 Å². The van der Waals surface area contributed by atoms with Crippen molar-refractivity contribution in [1.82, 2.24) is 19.6 Å². The Morgan fingerprint density at radius 3 is 2.74 bits per heavy atom. The lowest BCUT2D eigenvalue weighted by molar-refractivity contribution is 0.585. The smallest absolute Gasteiger partial charge is 0.254 e. The minimum atomic E-state index is -2.88. The van der Waals surface area contributed by atoms with Crippen LogP contribution in [0.25, 0.3) is 5.78 Å². The van der Waals surface area contributed by atoms with Crippen molar-refractivity contribution in [2.45, 2.75) is 13.3 Å². The van der Waals surface area contributed by atoms with Crippen molar-refractivity contribution < 1.29 is 8.42 Å². The predicted octanol–water partition coefficient (Wildman–Crippen LogP) is -0.0785. The third-order valence-electron chi connectivity index (χ3n) is 3.32. The number of aryl methyl sites for hydroxylation is 1. The number of sulfone groups is 1. The van der Waals surface area contributed by atoms with Crippen LogP contribution < -0.4 is 4.90 Å². The van der Waals surface area contributed by atoms with E-state index in [-0.39, 0.29) is 11.5 Å². The topological polar surface area (TPSA) is 80.5 Å². The molecular weight excluding hydrogens is 266 g/mol. The zero-order valence-electron chi connectivity index (χ0n) is 10.7. The van der Waals surface area contributed by atoms with Crippen molar-refractivity contribution in [3.63, 3.8) is 0 Å². The molecule has 0 bridgehead atoms. The maximum absolute atomic E-state index is 11.5. The van der Waals surface area contributed by atoms with Crippen LogP contribution in [0.15, 0.2) is 12.4 Å². The Labute approximate surface area is 111 Å². The minimum Gasteiger partial charge on any atom is -0.354 e. The highest BCUT2D eigenvalue weighted by Gasteiger charge is 2.24. The van der Waals surface area contributed by atoms with E-state index in [1.54, 1.807) is 4.52 Å². The van der Waals surface area contributed by atoms with Crippen molar-refractivity contribution in [3.8, 4) is 0 Å². The Bertz CT molecular complexity index is 695. The summed E-state index contributed by atoms with van der Waals surface area (Å²) in [6.07, 6.45) is 2.27. The first-order valence-electron chi connectivity index (χ1n) is 6.24. The van der Waals surface area contributed by atoms with E-state index in [0.717, 1.165) is 17.9 Å². The van der Waals surface area contributed by atoms with Crippen molar-refractivity contribution >= 4 is 21.4 Å². The van der Waals surface area contributed by atoms with Gasteiger partial charge in [0.15, 0.2) is 9.84 Å². The Morgan fingerprint density at radius 2 is 2.05 bits per heavy atom. The first-order chi connectivity index (χ1) is 9.09. The number of rotatable bonds is 2. The molecule has 1 saturated heterocycles. The van der Waals surface area contributed by atoms with Gasteiger partial charge in [-0.15, -0.1) is 0 Å². The fourth-order valence-electron chi connectivity index (χ4n) is 2.19. The number of anilines is 1. The Hall–Kier alpha value is -1.70. The Balaban J connectivity index is 2.02. The summed E-state index contributed by atoms with van der Waals surface area (Å²) in [6, 6.07) is 1.96. The van der Waals surface area contributed by atoms with Gasteiger partial charge >= 0.3 is 0 Å². The SMILES string of the molecule is CCc1cc(N2CCS(=O)(=O)CC2)n2ncnc2n1. The van der Waals surface area contributed by atoms with E-state index in [9.17, 15) is 8.42 Å². The van der Waals surface area contributed by atoms with Crippen molar-refractivity contribution in [1.29, 1.82) is 0 Å². The lowest BCUT2D eigenvalue weighted by Gasteiger charge is -2.28. The van der Waals surface area contributed by atoms with Gasteiger partial charge in [-0.2, -0.15) is 14.6 Å². The molecule has 2 aromatic rings. The summed E-state index contributed by atoms with van der Waals surface area (Å²) in [4.78, 5) is 10.5. The molecule has 3 rings (SSSR count). The molecule has 8 heteroatoms. The Kier molecular flexibility index (Phi) is 2.89. The molecule has 0 amide bonds. The van der Waals surface area contributed by atoms with Gasteiger partial charge in [-0.1, -0.05) is 6.92 Å². The van der Waals surface area contributed by atoms with E-state index in [4.69, 9.17) is 0 Å². The molecule has 1 fully saturated rings.